The lowest BCUT2D eigenvalue weighted by Crippen LogP contribution is -2.38. The Morgan fingerprint density at radius 1 is 1.07 bits per heavy atom. The minimum absolute atomic E-state index is 0.0168. The van der Waals surface area contributed by atoms with Gasteiger partial charge in [-0.3, -0.25) is 14.7 Å². The molecule has 2 aliphatic heterocycles. The van der Waals surface area contributed by atoms with Crippen LogP contribution in [0.1, 0.15) is 53.3 Å². The molecule has 1 saturated carbocycles. The van der Waals surface area contributed by atoms with Crippen LogP contribution in [0, 0.1) is 18.8 Å². The predicted molar refractivity (Wildman–Crippen MR) is 108 cm³/mol. The van der Waals surface area contributed by atoms with Crippen molar-refractivity contribution in [3.8, 4) is 0 Å². The molecule has 1 amide bonds. The number of carbonyl (C=O) groups excluding carboxylic acids is 1. The van der Waals surface area contributed by atoms with Crippen molar-refractivity contribution >= 4 is 5.91 Å². The highest BCUT2D eigenvalue weighted by atomic mass is 16.2. The third-order valence-corrected chi connectivity index (χ3v) is 7.08. The van der Waals surface area contributed by atoms with Gasteiger partial charge in [-0.2, -0.15) is 0 Å². The lowest BCUT2D eigenvalue weighted by atomic mass is 9.87. The third-order valence-electron chi connectivity index (χ3n) is 7.08. The van der Waals surface area contributed by atoms with E-state index in [0.29, 0.717) is 17.5 Å². The Kier molecular flexibility index (Phi) is 4.63. The van der Waals surface area contributed by atoms with Crippen LogP contribution in [0.5, 0.6) is 0 Å². The Hall–Kier alpha value is -2.27. The van der Waals surface area contributed by atoms with Crippen molar-refractivity contribution in [1.82, 2.24) is 19.8 Å². The summed E-state index contributed by atoms with van der Waals surface area (Å²) in [6, 6.07) is 9.44. The summed E-state index contributed by atoms with van der Waals surface area (Å²) in [4.78, 5) is 26.5. The predicted octanol–water partition coefficient (Wildman–Crippen LogP) is 3.47. The van der Waals surface area contributed by atoms with E-state index >= 15 is 0 Å². The van der Waals surface area contributed by atoms with Crippen LogP contribution in [-0.2, 0) is 0 Å². The Morgan fingerprint density at radius 3 is 2.64 bits per heavy atom. The molecule has 0 unspecified atom stereocenters. The van der Waals surface area contributed by atoms with Crippen LogP contribution in [0.25, 0.3) is 0 Å². The molecule has 2 saturated heterocycles. The van der Waals surface area contributed by atoms with Crippen LogP contribution in [0.3, 0.4) is 0 Å². The number of hydrogen-bond acceptors (Lipinski definition) is 4. The molecule has 5 nitrogen and oxygen atoms in total. The smallest absolute Gasteiger partial charge is 0.274 e. The first kappa shape index (κ1) is 17.8. The number of fused-ring (bicyclic) bond motifs is 1. The molecule has 1 aliphatic carbocycles. The average molecular weight is 377 g/mol. The van der Waals surface area contributed by atoms with Gasteiger partial charge in [-0.15, -0.1) is 0 Å². The zero-order chi connectivity index (χ0) is 19.1. The molecule has 3 aliphatic rings. The molecule has 0 bridgehead atoms. The van der Waals surface area contributed by atoms with E-state index in [1.54, 1.807) is 18.6 Å². The molecule has 3 heterocycles. The summed E-state index contributed by atoms with van der Waals surface area (Å²) in [5.41, 5.74) is 3.01. The zero-order valence-corrected chi connectivity index (χ0v) is 16.5. The van der Waals surface area contributed by atoms with E-state index in [0.717, 1.165) is 25.7 Å². The van der Waals surface area contributed by atoms with Crippen molar-refractivity contribution in [3.63, 3.8) is 0 Å². The van der Waals surface area contributed by atoms with Gasteiger partial charge in [0.2, 0.25) is 0 Å². The summed E-state index contributed by atoms with van der Waals surface area (Å²) < 4.78 is 0. The second-order valence-corrected chi connectivity index (χ2v) is 8.67. The van der Waals surface area contributed by atoms with Gasteiger partial charge in [-0.05, 0) is 36.8 Å². The van der Waals surface area contributed by atoms with Crippen molar-refractivity contribution < 1.29 is 4.79 Å². The van der Waals surface area contributed by atoms with E-state index in [-0.39, 0.29) is 11.9 Å². The number of carbonyl (C=O) groups is 1. The SMILES string of the molecule is Cc1ccccc1[C@@H]1[C@H]2CN(C3CCCC3)C[C@H]2CN1C(=O)c1cnccn1. The van der Waals surface area contributed by atoms with Gasteiger partial charge in [0.15, 0.2) is 0 Å². The topological polar surface area (TPSA) is 49.3 Å². The molecule has 0 radical (unpaired) electrons. The Bertz CT molecular complexity index is 849. The van der Waals surface area contributed by atoms with Crippen LogP contribution in [0.2, 0.25) is 0 Å². The number of rotatable bonds is 3. The second-order valence-electron chi connectivity index (χ2n) is 8.67. The molecule has 0 N–H and O–H groups in total. The number of aromatic nitrogens is 2. The number of nitrogens with zero attached hydrogens (tertiary/aromatic N) is 4. The Balaban J connectivity index is 1.47. The molecule has 0 spiro atoms. The van der Waals surface area contributed by atoms with E-state index in [2.05, 4.69) is 51.0 Å². The summed E-state index contributed by atoms with van der Waals surface area (Å²) in [7, 11) is 0. The van der Waals surface area contributed by atoms with Gasteiger partial charge in [0.1, 0.15) is 5.69 Å². The molecule has 5 heteroatoms. The molecule has 3 fully saturated rings. The van der Waals surface area contributed by atoms with E-state index in [4.69, 9.17) is 0 Å². The van der Waals surface area contributed by atoms with Gasteiger partial charge in [-0.1, -0.05) is 37.1 Å². The highest BCUT2D eigenvalue weighted by Crippen LogP contribution is 2.47. The number of amides is 1. The van der Waals surface area contributed by atoms with Crippen LogP contribution in [0.4, 0.5) is 0 Å². The van der Waals surface area contributed by atoms with Gasteiger partial charge in [0.05, 0.1) is 12.2 Å². The van der Waals surface area contributed by atoms with Gasteiger partial charge in [0.25, 0.3) is 5.91 Å². The maximum absolute atomic E-state index is 13.3. The van der Waals surface area contributed by atoms with Gasteiger partial charge in [0, 0.05) is 44.0 Å². The second kappa shape index (κ2) is 7.28. The van der Waals surface area contributed by atoms with E-state index in [1.807, 2.05) is 0 Å². The summed E-state index contributed by atoms with van der Waals surface area (Å²) in [5, 5.41) is 0. The van der Waals surface area contributed by atoms with Gasteiger partial charge in [-0.25, -0.2) is 4.98 Å². The summed E-state index contributed by atoms with van der Waals surface area (Å²) >= 11 is 0. The molecule has 1 aromatic heterocycles. The Morgan fingerprint density at radius 2 is 1.89 bits per heavy atom. The first-order valence-corrected chi connectivity index (χ1v) is 10.6. The fourth-order valence-electron chi connectivity index (χ4n) is 5.73. The summed E-state index contributed by atoms with van der Waals surface area (Å²) in [6.07, 6.45) is 10.2. The zero-order valence-electron chi connectivity index (χ0n) is 16.5. The molecular weight excluding hydrogens is 348 g/mol. The average Bonchev–Trinajstić information content (AvgIpc) is 3.44. The fraction of sp³-hybridized carbons (Fsp3) is 0.522. The molecule has 3 atom stereocenters. The van der Waals surface area contributed by atoms with E-state index in [9.17, 15) is 4.79 Å². The Labute approximate surface area is 166 Å². The first-order chi connectivity index (χ1) is 13.7. The van der Waals surface area contributed by atoms with Gasteiger partial charge < -0.3 is 4.90 Å². The lowest BCUT2D eigenvalue weighted by Gasteiger charge is -2.32. The minimum Gasteiger partial charge on any atom is -0.330 e. The number of likely N-dealkylation sites (tertiary alicyclic amines) is 2. The summed E-state index contributed by atoms with van der Waals surface area (Å²) in [6.45, 7) is 5.22. The van der Waals surface area contributed by atoms with E-state index in [1.165, 1.54) is 36.8 Å². The van der Waals surface area contributed by atoms with Crippen LogP contribution >= 0.6 is 0 Å². The molecular formula is C23H28N4O. The largest absolute Gasteiger partial charge is 0.330 e. The van der Waals surface area contributed by atoms with Crippen molar-refractivity contribution in [2.24, 2.45) is 11.8 Å². The normalized spacial score (nSPS) is 28.0. The molecule has 5 rings (SSSR count). The van der Waals surface area contributed by atoms with E-state index < -0.39 is 0 Å². The molecule has 1 aromatic carbocycles. The minimum atomic E-state index is 0.0168. The standard InChI is InChI=1S/C23H28N4O/c1-16-6-2-5-9-19(16)22-20-15-26(18-7-3-4-8-18)13-17(20)14-27(22)23(28)21-12-24-10-11-25-21/h2,5-6,9-12,17-18,20,22H,3-4,7-8,13-15H2,1H3/t17-,20-,22+/m0/s1. The van der Waals surface area contributed by atoms with Crippen molar-refractivity contribution in [1.29, 1.82) is 0 Å². The maximum Gasteiger partial charge on any atom is 0.274 e. The highest BCUT2D eigenvalue weighted by Gasteiger charge is 2.50. The van der Waals surface area contributed by atoms with Gasteiger partial charge >= 0.3 is 0 Å². The number of aryl methyl sites for hydroxylation is 1. The molecule has 146 valence electrons. The maximum atomic E-state index is 13.3. The monoisotopic (exact) mass is 376 g/mol. The number of benzene rings is 1. The summed E-state index contributed by atoms with van der Waals surface area (Å²) in [5.74, 6) is 1.07. The highest BCUT2D eigenvalue weighted by molar-refractivity contribution is 5.92. The van der Waals surface area contributed by atoms with Crippen LogP contribution in [0.15, 0.2) is 42.9 Å². The van der Waals surface area contributed by atoms with Crippen LogP contribution < -0.4 is 0 Å². The first-order valence-electron chi connectivity index (χ1n) is 10.6. The van der Waals surface area contributed by atoms with Crippen molar-refractivity contribution in [3.05, 3.63) is 59.7 Å². The molecule has 28 heavy (non-hydrogen) atoms. The van der Waals surface area contributed by atoms with Crippen LogP contribution in [-0.4, -0.2) is 51.4 Å². The fourth-order valence-corrected chi connectivity index (χ4v) is 5.73. The van der Waals surface area contributed by atoms with Crippen molar-refractivity contribution in [2.45, 2.75) is 44.7 Å². The lowest BCUT2D eigenvalue weighted by molar-refractivity contribution is 0.0686. The number of hydrogen-bond donors (Lipinski definition) is 0. The van der Waals surface area contributed by atoms with Crippen molar-refractivity contribution in [2.75, 3.05) is 19.6 Å². The molecule has 2 aromatic rings. The third kappa shape index (κ3) is 3.02. The quantitative estimate of drug-likeness (QED) is 0.823.